The van der Waals surface area contributed by atoms with Crippen molar-refractivity contribution in [1.29, 1.82) is 5.26 Å². The third-order valence-corrected chi connectivity index (χ3v) is 7.59. The van der Waals surface area contributed by atoms with Crippen LogP contribution in [-0.4, -0.2) is 38.8 Å². The minimum atomic E-state index is -3.34. The van der Waals surface area contributed by atoms with Crippen LogP contribution in [0.15, 0.2) is 40.5 Å². The number of pyridine rings is 1. The lowest BCUT2D eigenvalue weighted by Crippen LogP contribution is -2.27. The number of nitriles is 1. The van der Waals surface area contributed by atoms with E-state index in [0.717, 1.165) is 6.07 Å². The lowest BCUT2D eigenvalue weighted by Gasteiger charge is -2.16. The molecule has 0 fully saturated rings. The zero-order chi connectivity index (χ0) is 30.3. The van der Waals surface area contributed by atoms with Crippen LogP contribution in [0, 0.1) is 31.0 Å². The van der Waals surface area contributed by atoms with Crippen LogP contribution >= 0.6 is 22.9 Å². The van der Waals surface area contributed by atoms with Crippen molar-refractivity contribution in [2.24, 2.45) is 0 Å². The predicted octanol–water partition coefficient (Wildman–Crippen LogP) is 6.33. The van der Waals surface area contributed by atoms with Gasteiger partial charge in [0.05, 0.1) is 33.2 Å². The number of hydrogen-bond acceptors (Lipinski definition) is 8. The molecule has 42 heavy (non-hydrogen) atoms. The van der Waals surface area contributed by atoms with Crippen LogP contribution in [0.25, 0.3) is 32.2 Å². The molecule has 214 valence electrons. The highest BCUT2D eigenvalue weighted by atomic mass is 35.5. The molecular formula is C28H18ClF3N4O5S. The summed E-state index contributed by atoms with van der Waals surface area (Å²) in [5.74, 6) is -2.83. The lowest BCUT2D eigenvalue weighted by atomic mass is 10.0. The maximum Gasteiger partial charge on any atom is 0.387 e. The average molecular weight is 615 g/mol. The topological polar surface area (TPSA) is 127 Å². The Morgan fingerprint density at radius 2 is 1.95 bits per heavy atom. The van der Waals surface area contributed by atoms with Crippen LogP contribution in [0.1, 0.15) is 27.4 Å². The second kappa shape index (κ2) is 11.3. The average Bonchev–Trinajstić information content (AvgIpc) is 3.35. The number of carboxylic acids is 1. The Labute approximate surface area is 244 Å². The molecule has 0 amide bonds. The van der Waals surface area contributed by atoms with Gasteiger partial charge in [0.25, 0.3) is 5.56 Å². The molecule has 3 aromatic heterocycles. The van der Waals surface area contributed by atoms with Crippen LogP contribution in [-0.2, 0) is 6.54 Å². The number of carboxylic acid groups (broad SMARTS) is 1. The standard InChI is InChI=1S/C28H18ClF3N4O5S/c1-12-7-16(25-24(34-12)18(11-42-25)27(38)39)15-8-14(29)3-4-20(15)40-6-5-36-13(2)35-19-9-21(41-28(31)32)23(30)17(10-33)22(19)26(36)37/h3-4,7-9,11,28H,5-6H2,1-2H3,(H,38,39). The Hall–Kier alpha value is -4.67. The first-order chi connectivity index (χ1) is 20.0. The number of carbonyl (C=O) groups is 1. The number of aromatic nitrogens is 3. The summed E-state index contributed by atoms with van der Waals surface area (Å²) in [6, 6.07) is 9.09. The highest BCUT2D eigenvalue weighted by Crippen LogP contribution is 2.40. The number of nitrogens with zero attached hydrogens (tertiary/aromatic N) is 4. The first-order valence-electron chi connectivity index (χ1n) is 12.1. The Balaban J connectivity index is 1.51. The van der Waals surface area contributed by atoms with Gasteiger partial charge in [-0.05, 0) is 38.1 Å². The molecule has 0 saturated carbocycles. The summed E-state index contributed by atoms with van der Waals surface area (Å²) in [5, 5.41) is 20.6. The number of ether oxygens (including phenoxy) is 2. The zero-order valence-electron chi connectivity index (χ0n) is 21.7. The molecule has 0 atom stereocenters. The van der Waals surface area contributed by atoms with E-state index in [1.807, 2.05) is 0 Å². The van der Waals surface area contributed by atoms with Crippen molar-refractivity contribution in [2.75, 3.05) is 6.61 Å². The molecule has 0 spiro atoms. The number of benzene rings is 2. The van der Waals surface area contributed by atoms with Gasteiger partial charge >= 0.3 is 12.6 Å². The van der Waals surface area contributed by atoms with E-state index in [-0.39, 0.29) is 35.4 Å². The Kier molecular flexibility index (Phi) is 7.77. The van der Waals surface area contributed by atoms with Crippen LogP contribution in [0.3, 0.4) is 0 Å². The fourth-order valence-electron chi connectivity index (χ4n) is 4.57. The zero-order valence-corrected chi connectivity index (χ0v) is 23.3. The summed E-state index contributed by atoms with van der Waals surface area (Å²) < 4.78 is 52.2. The Morgan fingerprint density at radius 3 is 2.64 bits per heavy atom. The maximum atomic E-state index is 14.7. The van der Waals surface area contributed by atoms with Crippen LogP contribution in [0.4, 0.5) is 13.2 Å². The molecule has 0 saturated heterocycles. The van der Waals surface area contributed by atoms with Gasteiger partial charge in [-0.3, -0.25) is 14.3 Å². The molecular weight excluding hydrogens is 597 g/mol. The summed E-state index contributed by atoms with van der Waals surface area (Å²) in [6.07, 6.45) is 0. The van der Waals surface area contributed by atoms with E-state index in [1.165, 1.54) is 28.2 Å². The van der Waals surface area contributed by atoms with Crippen molar-refractivity contribution in [3.05, 3.63) is 79.6 Å². The van der Waals surface area contributed by atoms with E-state index in [1.54, 1.807) is 37.3 Å². The fourth-order valence-corrected chi connectivity index (χ4v) is 5.75. The first kappa shape index (κ1) is 28.8. The highest BCUT2D eigenvalue weighted by Gasteiger charge is 2.23. The lowest BCUT2D eigenvalue weighted by molar-refractivity contribution is -0.0521. The molecule has 0 aliphatic carbocycles. The van der Waals surface area contributed by atoms with E-state index in [4.69, 9.17) is 16.3 Å². The number of aryl methyl sites for hydroxylation is 2. The number of hydrogen-bond donors (Lipinski definition) is 1. The van der Waals surface area contributed by atoms with Crippen molar-refractivity contribution in [3.8, 4) is 28.7 Å². The normalized spacial score (nSPS) is 11.3. The van der Waals surface area contributed by atoms with E-state index in [9.17, 15) is 33.1 Å². The van der Waals surface area contributed by atoms with E-state index in [2.05, 4.69) is 14.7 Å². The van der Waals surface area contributed by atoms with Crippen molar-refractivity contribution >= 4 is 50.0 Å². The minimum absolute atomic E-state index is 0.0651. The van der Waals surface area contributed by atoms with Crippen LogP contribution in [0.2, 0.25) is 5.02 Å². The summed E-state index contributed by atoms with van der Waals surface area (Å²) in [6.45, 7) is -0.251. The second-order valence-corrected chi connectivity index (χ2v) is 10.3. The van der Waals surface area contributed by atoms with Crippen molar-refractivity contribution in [2.45, 2.75) is 27.0 Å². The van der Waals surface area contributed by atoms with Gasteiger partial charge in [0.15, 0.2) is 11.6 Å². The quantitative estimate of drug-likeness (QED) is 0.215. The van der Waals surface area contributed by atoms with Gasteiger partial charge in [-0.1, -0.05) is 11.6 Å². The van der Waals surface area contributed by atoms with Gasteiger partial charge in [0, 0.05) is 33.3 Å². The molecule has 5 rings (SSSR count). The van der Waals surface area contributed by atoms with Gasteiger partial charge in [-0.25, -0.2) is 14.2 Å². The van der Waals surface area contributed by atoms with Crippen molar-refractivity contribution in [3.63, 3.8) is 0 Å². The molecule has 0 aliphatic heterocycles. The van der Waals surface area contributed by atoms with Crippen molar-refractivity contribution in [1.82, 2.24) is 14.5 Å². The van der Waals surface area contributed by atoms with E-state index < -0.39 is 35.3 Å². The molecule has 3 heterocycles. The second-order valence-electron chi connectivity index (χ2n) is 9.00. The first-order valence-corrected chi connectivity index (χ1v) is 13.4. The third kappa shape index (κ3) is 5.22. The molecule has 14 heteroatoms. The number of rotatable bonds is 8. The van der Waals surface area contributed by atoms with Gasteiger partial charge < -0.3 is 14.6 Å². The Bertz CT molecular complexity index is 2000. The van der Waals surface area contributed by atoms with Gasteiger partial charge in [0.1, 0.15) is 29.8 Å². The molecule has 9 nitrogen and oxygen atoms in total. The van der Waals surface area contributed by atoms with E-state index in [0.29, 0.717) is 37.8 Å². The monoisotopic (exact) mass is 614 g/mol. The SMILES string of the molecule is Cc1cc(-c2cc(Cl)ccc2OCCn2c(C)nc3cc(OC(F)F)c(F)c(C#N)c3c2=O)c2scc(C(=O)O)c2n1. The number of aromatic carboxylic acids is 1. The molecule has 2 aromatic carbocycles. The van der Waals surface area contributed by atoms with Gasteiger partial charge in [-0.15, -0.1) is 11.3 Å². The number of fused-ring (bicyclic) bond motifs is 2. The smallest absolute Gasteiger partial charge is 0.387 e. The van der Waals surface area contributed by atoms with Crippen LogP contribution in [0.5, 0.6) is 11.5 Å². The van der Waals surface area contributed by atoms with E-state index >= 15 is 0 Å². The summed E-state index contributed by atoms with van der Waals surface area (Å²) in [5.41, 5.74) is 0.520. The molecule has 0 radical (unpaired) electrons. The van der Waals surface area contributed by atoms with Gasteiger partial charge in [-0.2, -0.15) is 14.0 Å². The number of alkyl halides is 2. The third-order valence-electron chi connectivity index (χ3n) is 6.36. The fraction of sp³-hybridized carbons (Fsp3) is 0.179. The number of thiophene rings is 1. The molecule has 1 N–H and O–H groups in total. The molecule has 0 aliphatic rings. The summed E-state index contributed by atoms with van der Waals surface area (Å²) >= 11 is 7.52. The van der Waals surface area contributed by atoms with Gasteiger partial charge in [0.2, 0.25) is 0 Å². The minimum Gasteiger partial charge on any atom is -0.491 e. The molecule has 5 aromatic rings. The highest BCUT2D eigenvalue weighted by molar-refractivity contribution is 7.18. The molecule has 0 unspecified atom stereocenters. The molecule has 0 bridgehead atoms. The Morgan fingerprint density at radius 1 is 1.19 bits per heavy atom. The largest absolute Gasteiger partial charge is 0.491 e. The maximum absolute atomic E-state index is 14.7. The van der Waals surface area contributed by atoms with Crippen molar-refractivity contribution < 1.29 is 32.5 Å². The van der Waals surface area contributed by atoms with Crippen LogP contribution < -0.4 is 15.0 Å². The number of halogens is 4. The summed E-state index contributed by atoms with van der Waals surface area (Å²) in [4.78, 5) is 33.6. The predicted molar refractivity (Wildman–Crippen MR) is 149 cm³/mol. The summed E-state index contributed by atoms with van der Waals surface area (Å²) in [7, 11) is 0.